The molecule has 5 heteroatoms. The standard InChI is InChI=1S/C21H26ClN3O/c22-19-9-4-10-20(16-19)24-12-14-25(15-13-24)21(26)17-23-11-5-8-18-6-2-1-3-7-18/h1-4,6-7,9-10,16,23H,5,8,11-15,17H2. The van der Waals surface area contributed by atoms with E-state index in [2.05, 4.69) is 40.5 Å². The lowest BCUT2D eigenvalue weighted by molar-refractivity contribution is -0.130. The molecule has 1 heterocycles. The van der Waals surface area contributed by atoms with Gasteiger partial charge >= 0.3 is 0 Å². The van der Waals surface area contributed by atoms with Crippen LogP contribution in [-0.2, 0) is 11.2 Å². The third-order valence-electron chi connectivity index (χ3n) is 4.74. The average molecular weight is 372 g/mol. The molecule has 1 aliphatic rings. The Labute approximate surface area is 160 Å². The van der Waals surface area contributed by atoms with E-state index in [4.69, 9.17) is 11.6 Å². The maximum Gasteiger partial charge on any atom is 0.236 e. The van der Waals surface area contributed by atoms with E-state index in [1.807, 2.05) is 29.2 Å². The minimum atomic E-state index is 0.190. The van der Waals surface area contributed by atoms with Crippen molar-refractivity contribution in [3.8, 4) is 0 Å². The number of rotatable bonds is 7. The summed E-state index contributed by atoms with van der Waals surface area (Å²) in [6, 6.07) is 18.3. The summed E-state index contributed by atoms with van der Waals surface area (Å²) in [5.41, 5.74) is 2.47. The molecule has 1 saturated heterocycles. The number of hydrogen-bond acceptors (Lipinski definition) is 3. The van der Waals surface area contributed by atoms with Gasteiger partial charge in [-0.15, -0.1) is 0 Å². The average Bonchev–Trinajstić information content (AvgIpc) is 2.68. The lowest BCUT2D eigenvalue weighted by Gasteiger charge is -2.36. The molecule has 1 amide bonds. The SMILES string of the molecule is O=C(CNCCCc1ccccc1)N1CCN(c2cccc(Cl)c2)CC1. The summed E-state index contributed by atoms with van der Waals surface area (Å²) >= 11 is 6.07. The Morgan fingerprint density at radius 3 is 2.50 bits per heavy atom. The second kappa shape index (κ2) is 9.60. The van der Waals surface area contributed by atoms with Gasteiger partial charge in [-0.25, -0.2) is 0 Å². The van der Waals surface area contributed by atoms with E-state index in [1.165, 1.54) is 5.56 Å². The van der Waals surface area contributed by atoms with Crippen LogP contribution in [0, 0.1) is 0 Å². The summed E-state index contributed by atoms with van der Waals surface area (Å²) in [4.78, 5) is 16.6. The first-order valence-electron chi connectivity index (χ1n) is 9.25. The molecule has 1 aliphatic heterocycles. The maximum absolute atomic E-state index is 12.4. The highest BCUT2D eigenvalue weighted by atomic mass is 35.5. The predicted octanol–water partition coefficient (Wildman–Crippen LogP) is 3.21. The minimum absolute atomic E-state index is 0.190. The number of amides is 1. The fraction of sp³-hybridized carbons (Fsp3) is 0.381. The molecule has 2 aromatic rings. The zero-order valence-electron chi connectivity index (χ0n) is 15.0. The summed E-state index contributed by atoms with van der Waals surface area (Å²) in [6.07, 6.45) is 2.08. The van der Waals surface area contributed by atoms with Crippen molar-refractivity contribution in [2.24, 2.45) is 0 Å². The molecule has 0 aromatic heterocycles. The van der Waals surface area contributed by atoms with Gasteiger partial charge in [-0.3, -0.25) is 4.79 Å². The van der Waals surface area contributed by atoms with Crippen LogP contribution in [0.5, 0.6) is 0 Å². The van der Waals surface area contributed by atoms with Gasteiger partial charge in [0, 0.05) is 36.9 Å². The van der Waals surface area contributed by atoms with Crippen LogP contribution in [-0.4, -0.2) is 50.1 Å². The van der Waals surface area contributed by atoms with Crippen LogP contribution < -0.4 is 10.2 Å². The summed E-state index contributed by atoms with van der Waals surface area (Å²) in [5.74, 6) is 0.190. The topological polar surface area (TPSA) is 35.6 Å². The van der Waals surface area contributed by atoms with E-state index >= 15 is 0 Å². The van der Waals surface area contributed by atoms with Gasteiger partial charge in [0.1, 0.15) is 0 Å². The van der Waals surface area contributed by atoms with Gasteiger partial charge in [-0.2, -0.15) is 0 Å². The molecule has 4 nitrogen and oxygen atoms in total. The van der Waals surface area contributed by atoms with Crippen molar-refractivity contribution in [1.82, 2.24) is 10.2 Å². The van der Waals surface area contributed by atoms with Gasteiger partial charge in [-0.1, -0.05) is 48.0 Å². The van der Waals surface area contributed by atoms with Crippen LogP contribution in [0.4, 0.5) is 5.69 Å². The summed E-state index contributed by atoms with van der Waals surface area (Å²) in [6.45, 7) is 4.50. The minimum Gasteiger partial charge on any atom is -0.368 e. The first-order valence-corrected chi connectivity index (χ1v) is 9.63. The number of aryl methyl sites for hydroxylation is 1. The molecule has 1 N–H and O–H groups in total. The van der Waals surface area contributed by atoms with E-state index in [9.17, 15) is 4.79 Å². The van der Waals surface area contributed by atoms with Crippen molar-refractivity contribution in [1.29, 1.82) is 0 Å². The number of anilines is 1. The number of nitrogens with zero attached hydrogens (tertiary/aromatic N) is 2. The summed E-state index contributed by atoms with van der Waals surface area (Å²) in [7, 11) is 0. The second-order valence-corrected chi connectivity index (χ2v) is 7.05. The molecule has 0 atom stereocenters. The van der Waals surface area contributed by atoms with Crippen molar-refractivity contribution >= 4 is 23.2 Å². The fourth-order valence-corrected chi connectivity index (χ4v) is 3.44. The van der Waals surface area contributed by atoms with Crippen LogP contribution >= 0.6 is 11.6 Å². The van der Waals surface area contributed by atoms with E-state index in [0.29, 0.717) is 6.54 Å². The van der Waals surface area contributed by atoms with E-state index in [0.717, 1.165) is 56.3 Å². The monoisotopic (exact) mass is 371 g/mol. The maximum atomic E-state index is 12.4. The fourth-order valence-electron chi connectivity index (χ4n) is 3.26. The highest BCUT2D eigenvalue weighted by Gasteiger charge is 2.20. The summed E-state index contributed by atoms with van der Waals surface area (Å²) in [5, 5.41) is 4.03. The Morgan fingerprint density at radius 1 is 1.00 bits per heavy atom. The zero-order valence-corrected chi connectivity index (χ0v) is 15.8. The summed E-state index contributed by atoms with van der Waals surface area (Å²) < 4.78 is 0. The predicted molar refractivity (Wildman–Crippen MR) is 108 cm³/mol. The van der Waals surface area contributed by atoms with Crippen molar-refractivity contribution in [3.05, 3.63) is 65.2 Å². The number of benzene rings is 2. The molecule has 3 rings (SSSR count). The second-order valence-electron chi connectivity index (χ2n) is 6.61. The van der Waals surface area contributed by atoms with E-state index in [1.54, 1.807) is 0 Å². The van der Waals surface area contributed by atoms with E-state index < -0.39 is 0 Å². The van der Waals surface area contributed by atoms with Crippen molar-refractivity contribution in [2.75, 3.05) is 44.2 Å². The normalized spacial score (nSPS) is 14.5. The van der Waals surface area contributed by atoms with Crippen LogP contribution in [0.25, 0.3) is 0 Å². The lowest BCUT2D eigenvalue weighted by Crippen LogP contribution is -2.51. The first-order chi connectivity index (χ1) is 12.7. The Bertz CT molecular complexity index is 699. The van der Waals surface area contributed by atoms with Crippen molar-refractivity contribution in [2.45, 2.75) is 12.8 Å². The molecule has 0 bridgehead atoms. The van der Waals surface area contributed by atoms with Crippen molar-refractivity contribution in [3.63, 3.8) is 0 Å². The first kappa shape index (κ1) is 18.7. The Balaban J connectivity index is 1.33. The van der Waals surface area contributed by atoms with Crippen LogP contribution in [0.15, 0.2) is 54.6 Å². The third-order valence-corrected chi connectivity index (χ3v) is 4.98. The number of hydrogen-bond donors (Lipinski definition) is 1. The van der Waals surface area contributed by atoms with Gasteiger partial charge in [0.05, 0.1) is 6.54 Å². The molecule has 0 unspecified atom stereocenters. The molecule has 0 spiro atoms. The van der Waals surface area contributed by atoms with Gasteiger partial charge in [-0.05, 0) is 43.1 Å². The Morgan fingerprint density at radius 2 is 1.77 bits per heavy atom. The number of carbonyl (C=O) groups is 1. The largest absolute Gasteiger partial charge is 0.368 e. The quantitative estimate of drug-likeness (QED) is 0.759. The number of nitrogens with one attached hydrogen (secondary N) is 1. The highest BCUT2D eigenvalue weighted by Crippen LogP contribution is 2.20. The molecule has 1 fully saturated rings. The molecule has 138 valence electrons. The third kappa shape index (κ3) is 5.48. The van der Waals surface area contributed by atoms with Crippen molar-refractivity contribution < 1.29 is 4.79 Å². The van der Waals surface area contributed by atoms with Gasteiger partial charge < -0.3 is 15.1 Å². The Hall–Kier alpha value is -2.04. The number of piperazine rings is 1. The zero-order chi connectivity index (χ0) is 18.2. The van der Waals surface area contributed by atoms with Gasteiger partial charge in [0.15, 0.2) is 0 Å². The molecule has 2 aromatic carbocycles. The number of halogens is 1. The molecule has 0 radical (unpaired) electrons. The lowest BCUT2D eigenvalue weighted by atomic mass is 10.1. The molecule has 26 heavy (non-hydrogen) atoms. The number of carbonyl (C=O) groups excluding carboxylic acids is 1. The smallest absolute Gasteiger partial charge is 0.236 e. The van der Waals surface area contributed by atoms with E-state index in [-0.39, 0.29) is 5.91 Å². The molecule has 0 aliphatic carbocycles. The molecule has 0 saturated carbocycles. The van der Waals surface area contributed by atoms with Crippen LogP contribution in [0.3, 0.4) is 0 Å². The van der Waals surface area contributed by atoms with Crippen LogP contribution in [0.1, 0.15) is 12.0 Å². The van der Waals surface area contributed by atoms with Crippen LogP contribution in [0.2, 0.25) is 5.02 Å². The molecular weight excluding hydrogens is 346 g/mol. The van der Waals surface area contributed by atoms with Gasteiger partial charge in [0.25, 0.3) is 0 Å². The van der Waals surface area contributed by atoms with Gasteiger partial charge in [0.2, 0.25) is 5.91 Å². The highest BCUT2D eigenvalue weighted by molar-refractivity contribution is 6.30. The Kier molecular flexibility index (Phi) is 6.92. The molecular formula is C21H26ClN3O.